The highest BCUT2D eigenvalue weighted by Crippen LogP contribution is 2.30. The third kappa shape index (κ3) is 2.63. The Morgan fingerprint density at radius 1 is 1.11 bits per heavy atom. The molecule has 0 spiro atoms. The van der Waals surface area contributed by atoms with Gasteiger partial charge in [0.25, 0.3) is 0 Å². The standard InChI is InChI=1S/C19H17FN8/c1-26(17-15(20)16(22-11-23-17)13-5-3-2-4-6-13)14-9-28(10-14)18-19-25-24-12-27(19)8-7-21-18/h2-8,11-12,14H,9-10H2,1H3. The Morgan fingerprint density at radius 3 is 2.75 bits per heavy atom. The lowest BCUT2D eigenvalue weighted by molar-refractivity contribution is 0.481. The fourth-order valence-corrected chi connectivity index (χ4v) is 3.42. The Balaban J connectivity index is 1.37. The average Bonchev–Trinajstić information content (AvgIpc) is 3.17. The summed E-state index contributed by atoms with van der Waals surface area (Å²) in [6.07, 6.45) is 6.58. The molecule has 0 N–H and O–H groups in total. The first-order valence-corrected chi connectivity index (χ1v) is 8.90. The zero-order valence-corrected chi connectivity index (χ0v) is 15.1. The van der Waals surface area contributed by atoms with Crippen molar-refractivity contribution in [3.63, 3.8) is 0 Å². The average molecular weight is 376 g/mol. The second kappa shape index (κ2) is 6.52. The van der Waals surface area contributed by atoms with E-state index < -0.39 is 5.82 Å². The van der Waals surface area contributed by atoms with E-state index in [1.807, 2.05) is 52.9 Å². The van der Waals surface area contributed by atoms with Crippen LogP contribution in [0.4, 0.5) is 16.0 Å². The molecule has 0 amide bonds. The summed E-state index contributed by atoms with van der Waals surface area (Å²) in [5.74, 6) is 0.664. The predicted molar refractivity (Wildman–Crippen MR) is 103 cm³/mol. The van der Waals surface area contributed by atoms with E-state index in [9.17, 15) is 0 Å². The third-order valence-electron chi connectivity index (χ3n) is 5.06. The van der Waals surface area contributed by atoms with Crippen LogP contribution in [-0.2, 0) is 0 Å². The van der Waals surface area contributed by atoms with Crippen molar-refractivity contribution in [1.82, 2.24) is 29.5 Å². The third-order valence-corrected chi connectivity index (χ3v) is 5.06. The maximum absolute atomic E-state index is 15.1. The predicted octanol–water partition coefficient (Wildman–Crippen LogP) is 2.05. The largest absolute Gasteiger partial charge is 0.351 e. The molecule has 5 rings (SSSR count). The van der Waals surface area contributed by atoms with E-state index in [2.05, 4.69) is 30.0 Å². The van der Waals surface area contributed by atoms with E-state index in [1.165, 1.54) is 6.33 Å². The van der Waals surface area contributed by atoms with Gasteiger partial charge in [-0.05, 0) is 0 Å². The van der Waals surface area contributed by atoms with Gasteiger partial charge >= 0.3 is 0 Å². The maximum Gasteiger partial charge on any atom is 0.203 e. The van der Waals surface area contributed by atoms with Crippen LogP contribution in [0.2, 0.25) is 0 Å². The monoisotopic (exact) mass is 376 g/mol. The Kier molecular flexibility index (Phi) is 3.85. The molecule has 0 unspecified atom stereocenters. The van der Waals surface area contributed by atoms with E-state index >= 15 is 4.39 Å². The highest BCUT2D eigenvalue weighted by molar-refractivity contribution is 5.67. The molecule has 0 saturated carbocycles. The lowest BCUT2D eigenvalue weighted by atomic mass is 10.1. The van der Waals surface area contributed by atoms with Gasteiger partial charge < -0.3 is 9.80 Å². The van der Waals surface area contributed by atoms with Crippen molar-refractivity contribution in [2.75, 3.05) is 29.9 Å². The van der Waals surface area contributed by atoms with Crippen LogP contribution in [0.15, 0.2) is 55.4 Å². The van der Waals surface area contributed by atoms with Gasteiger partial charge in [0, 0.05) is 38.1 Å². The highest BCUT2D eigenvalue weighted by atomic mass is 19.1. The Labute approximate surface area is 160 Å². The number of halogens is 1. The molecule has 4 heterocycles. The van der Waals surface area contributed by atoms with E-state index in [-0.39, 0.29) is 6.04 Å². The number of benzene rings is 1. The second-order valence-corrected chi connectivity index (χ2v) is 6.71. The van der Waals surface area contributed by atoms with Crippen molar-refractivity contribution in [3.8, 4) is 11.3 Å². The molecular formula is C19H17FN8. The zero-order valence-electron chi connectivity index (χ0n) is 15.1. The van der Waals surface area contributed by atoms with Crippen LogP contribution >= 0.6 is 0 Å². The minimum absolute atomic E-state index is 0.109. The summed E-state index contributed by atoms with van der Waals surface area (Å²) in [4.78, 5) is 16.7. The SMILES string of the molecule is CN(c1ncnc(-c2ccccc2)c1F)C1CN(c2nccn3cnnc23)C1. The first-order valence-electron chi connectivity index (χ1n) is 8.90. The topological polar surface area (TPSA) is 75.3 Å². The molecular weight excluding hydrogens is 359 g/mol. The minimum atomic E-state index is -0.410. The lowest BCUT2D eigenvalue weighted by Crippen LogP contribution is -2.59. The van der Waals surface area contributed by atoms with Gasteiger partial charge in [-0.1, -0.05) is 30.3 Å². The van der Waals surface area contributed by atoms with E-state index in [0.29, 0.717) is 30.2 Å². The Morgan fingerprint density at radius 2 is 1.93 bits per heavy atom. The van der Waals surface area contributed by atoms with E-state index in [4.69, 9.17) is 0 Å². The van der Waals surface area contributed by atoms with Crippen LogP contribution < -0.4 is 9.80 Å². The number of nitrogens with zero attached hydrogens (tertiary/aromatic N) is 8. The van der Waals surface area contributed by atoms with Gasteiger partial charge in [0.15, 0.2) is 17.5 Å². The number of fused-ring (bicyclic) bond motifs is 1. The summed E-state index contributed by atoms with van der Waals surface area (Å²) in [7, 11) is 1.85. The molecule has 4 aromatic rings. The molecule has 1 aliphatic heterocycles. The number of aromatic nitrogens is 6. The van der Waals surface area contributed by atoms with Gasteiger partial charge in [-0.25, -0.2) is 19.3 Å². The molecule has 1 aromatic carbocycles. The van der Waals surface area contributed by atoms with Crippen LogP contribution in [0.1, 0.15) is 0 Å². The normalized spacial score (nSPS) is 14.3. The number of rotatable bonds is 4. The van der Waals surface area contributed by atoms with Gasteiger partial charge in [0.1, 0.15) is 18.3 Å². The molecule has 28 heavy (non-hydrogen) atoms. The van der Waals surface area contributed by atoms with Crippen LogP contribution in [0, 0.1) is 5.82 Å². The smallest absolute Gasteiger partial charge is 0.203 e. The number of anilines is 2. The molecule has 1 saturated heterocycles. The van der Waals surface area contributed by atoms with Crippen LogP contribution in [-0.4, -0.2) is 55.7 Å². The maximum atomic E-state index is 15.1. The van der Waals surface area contributed by atoms with Crippen LogP contribution in [0.5, 0.6) is 0 Å². The first kappa shape index (κ1) is 16.5. The van der Waals surface area contributed by atoms with Gasteiger partial charge in [-0.3, -0.25) is 4.40 Å². The van der Waals surface area contributed by atoms with Gasteiger partial charge in [-0.2, -0.15) is 0 Å². The van der Waals surface area contributed by atoms with Crippen molar-refractivity contribution in [1.29, 1.82) is 0 Å². The lowest BCUT2D eigenvalue weighted by Gasteiger charge is -2.44. The summed E-state index contributed by atoms with van der Waals surface area (Å²) in [5.41, 5.74) is 1.75. The number of hydrogen-bond acceptors (Lipinski definition) is 7. The molecule has 0 radical (unpaired) electrons. The Hall–Kier alpha value is -3.62. The first-order chi connectivity index (χ1) is 13.7. The van der Waals surface area contributed by atoms with Crippen molar-refractivity contribution < 1.29 is 4.39 Å². The number of likely N-dealkylation sites (N-methyl/N-ethyl adjacent to an activating group) is 1. The summed E-state index contributed by atoms with van der Waals surface area (Å²) < 4.78 is 16.9. The van der Waals surface area contributed by atoms with Gasteiger partial charge in [0.05, 0.1) is 6.04 Å². The molecule has 9 heteroatoms. The molecule has 0 bridgehead atoms. The molecule has 8 nitrogen and oxygen atoms in total. The Bertz CT molecular complexity index is 1120. The molecule has 0 atom stereocenters. The highest BCUT2D eigenvalue weighted by Gasteiger charge is 2.34. The van der Waals surface area contributed by atoms with Gasteiger partial charge in [-0.15, -0.1) is 10.2 Å². The molecule has 0 aliphatic carbocycles. The summed E-state index contributed by atoms with van der Waals surface area (Å²) in [6.45, 7) is 1.39. The molecule has 1 fully saturated rings. The fourth-order valence-electron chi connectivity index (χ4n) is 3.42. The van der Waals surface area contributed by atoms with Crippen molar-refractivity contribution in [3.05, 3.63) is 61.2 Å². The molecule has 1 aliphatic rings. The van der Waals surface area contributed by atoms with Crippen molar-refractivity contribution >= 4 is 17.3 Å². The fraction of sp³-hybridized carbons (Fsp3) is 0.211. The zero-order chi connectivity index (χ0) is 19.1. The minimum Gasteiger partial charge on any atom is -0.351 e. The molecule has 3 aromatic heterocycles. The molecule has 140 valence electrons. The quantitative estimate of drug-likeness (QED) is 0.539. The van der Waals surface area contributed by atoms with Gasteiger partial charge in [0.2, 0.25) is 5.65 Å². The van der Waals surface area contributed by atoms with E-state index in [1.54, 1.807) is 12.5 Å². The summed E-state index contributed by atoms with van der Waals surface area (Å²) in [6, 6.07) is 9.40. The van der Waals surface area contributed by atoms with Crippen molar-refractivity contribution in [2.24, 2.45) is 0 Å². The van der Waals surface area contributed by atoms with Crippen LogP contribution in [0.3, 0.4) is 0 Å². The second-order valence-electron chi connectivity index (χ2n) is 6.71. The van der Waals surface area contributed by atoms with Crippen molar-refractivity contribution in [2.45, 2.75) is 6.04 Å². The number of hydrogen-bond donors (Lipinski definition) is 0. The summed E-state index contributed by atoms with van der Waals surface area (Å²) >= 11 is 0. The van der Waals surface area contributed by atoms with Crippen LogP contribution in [0.25, 0.3) is 16.9 Å². The van der Waals surface area contributed by atoms with E-state index in [0.717, 1.165) is 11.4 Å². The summed E-state index contributed by atoms with van der Waals surface area (Å²) in [5, 5.41) is 8.05.